The molecule has 1 aromatic rings. The smallest absolute Gasteiger partial charge is 0.147 e. The van der Waals surface area contributed by atoms with Crippen LogP contribution in [-0.2, 0) is 11.3 Å². The first kappa shape index (κ1) is 12.6. The Labute approximate surface area is 106 Å². The van der Waals surface area contributed by atoms with Crippen LogP contribution in [0, 0.1) is 0 Å². The monoisotopic (exact) mass is 256 g/mol. The van der Waals surface area contributed by atoms with Crippen molar-refractivity contribution in [2.75, 3.05) is 24.6 Å². The maximum absolute atomic E-state index is 9.01. The van der Waals surface area contributed by atoms with Gasteiger partial charge in [0, 0.05) is 19.3 Å². The fraction of sp³-hybridized carbons (Fsp3) is 0.583. The van der Waals surface area contributed by atoms with E-state index in [1.165, 1.54) is 0 Å². The number of hydrogen-bond donors (Lipinski definition) is 1. The molecule has 1 atom stereocenters. The third-order valence-corrected chi connectivity index (χ3v) is 3.23. The minimum absolute atomic E-state index is 0.0340. The van der Waals surface area contributed by atoms with Crippen molar-refractivity contribution in [2.24, 2.45) is 0 Å². The molecule has 0 bridgehead atoms. The highest BCUT2D eigenvalue weighted by Gasteiger charge is 2.21. The molecule has 0 aliphatic carbocycles. The average molecular weight is 257 g/mol. The molecule has 1 aliphatic heterocycles. The first-order valence-corrected chi connectivity index (χ1v) is 6.24. The second-order valence-electron chi connectivity index (χ2n) is 4.15. The van der Waals surface area contributed by atoms with E-state index in [1.54, 1.807) is 12.3 Å². The van der Waals surface area contributed by atoms with Crippen molar-refractivity contribution in [1.82, 2.24) is 4.98 Å². The molecule has 1 N–H and O–H groups in total. The molecule has 1 unspecified atom stereocenters. The van der Waals surface area contributed by atoms with Gasteiger partial charge >= 0.3 is 0 Å². The zero-order valence-corrected chi connectivity index (χ0v) is 10.7. The van der Waals surface area contributed by atoms with Gasteiger partial charge in [-0.15, -0.1) is 0 Å². The summed E-state index contributed by atoms with van der Waals surface area (Å²) in [4.78, 5) is 6.46. The Morgan fingerprint density at radius 1 is 1.65 bits per heavy atom. The molecule has 2 heterocycles. The normalized spacial score (nSPS) is 20.6. The molecule has 0 aromatic carbocycles. The van der Waals surface area contributed by atoms with Gasteiger partial charge < -0.3 is 14.7 Å². The fourth-order valence-corrected chi connectivity index (χ4v) is 2.26. The standard InChI is InChI=1S/C12H17ClN2O2/c1-2-10-7-15(3-4-17-10)12-11(13)5-9(8-16)6-14-12/h5-6,10,16H,2-4,7-8H2,1H3. The summed E-state index contributed by atoms with van der Waals surface area (Å²) < 4.78 is 5.61. The molecule has 1 fully saturated rings. The second-order valence-corrected chi connectivity index (χ2v) is 4.56. The summed E-state index contributed by atoms with van der Waals surface area (Å²) in [6.45, 7) is 4.41. The third kappa shape index (κ3) is 2.89. The summed E-state index contributed by atoms with van der Waals surface area (Å²) in [5.74, 6) is 0.783. The van der Waals surface area contributed by atoms with E-state index in [2.05, 4.69) is 16.8 Å². The van der Waals surface area contributed by atoms with Crippen LogP contribution in [0.5, 0.6) is 0 Å². The van der Waals surface area contributed by atoms with Crippen molar-refractivity contribution in [3.63, 3.8) is 0 Å². The first-order valence-electron chi connectivity index (χ1n) is 5.86. The average Bonchev–Trinajstić information content (AvgIpc) is 2.38. The Kier molecular flexibility index (Phi) is 4.20. The minimum atomic E-state index is -0.0340. The number of morpholine rings is 1. The summed E-state index contributed by atoms with van der Waals surface area (Å²) in [7, 11) is 0. The van der Waals surface area contributed by atoms with Gasteiger partial charge in [-0.1, -0.05) is 18.5 Å². The molecule has 1 aromatic heterocycles. The Morgan fingerprint density at radius 2 is 2.47 bits per heavy atom. The summed E-state index contributed by atoms with van der Waals surface area (Å²) in [5, 5.41) is 9.60. The van der Waals surface area contributed by atoms with E-state index in [4.69, 9.17) is 21.4 Å². The molecule has 1 saturated heterocycles. The Hall–Kier alpha value is -0.840. The predicted octanol–water partition coefficient (Wildman–Crippen LogP) is 1.84. The van der Waals surface area contributed by atoms with Crippen molar-refractivity contribution in [2.45, 2.75) is 26.1 Å². The zero-order chi connectivity index (χ0) is 12.3. The maximum atomic E-state index is 9.01. The maximum Gasteiger partial charge on any atom is 0.147 e. The lowest BCUT2D eigenvalue weighted by atomic mass is 10.2. The highest BCUT2D eigenvalue weighted by molar-refractivity contribution is 6.33. The molecule has 0 radical (unpaired) electrons. The van der Waals surface area contributed by atoms with Gasteiger partial charge in [0.25, 0.3) is 0 Å². The molecular formula is C12H17ClN2O2. The number of rotatable bonds is 3. The second kappa shape index (κ2) is 5.67. The first-order chi connectivity index (χ1) is 8.24. The van der Waals surface area contributed by atoms with Crippen LogP contribution >= 0.6 is 11.6 Å². The fourth-order valence-electron chi connectivity index (χ4n) is 1.95. The highest BCUT2D eigenvalue weighted by Crippen LogP contribution is 2.26. The van der Waals surface area contributed by atoms with E-state index in [0.29, 0.717) is 11.6 Å². The van der Waals surface area contributed by atoms with E-state index < -0.39 is 0 Å². The van der Waals surface area contributed by atoms with E-state index in [1.807, 2.05) is 0 Å². The topological polar surface area (TPSA) is 45.6 Å². The SMILES string of the molecule is CCC1CN(c2ncc(CO)cc2Cl)CCO1. The Balaban J connectivity index is 2.16. The number of hydrogen-bond acceptors (Lipinski definition) is 4. The van der Waals surface area contributed by atoms with Crippen molar-refractivity contribution in [3.05, 3.63) is 22.8 Å². The van der Waals surface area contributed by atoms with Crippen molar-refractivity contribution < 1.29 is 9.84 Å². The van der Waals surface area contributed by atoms with Crippen LogP contribution in [0.1, 0.15) is 18.9 Å². The minimum Gasteiger partial charge on any atom is -0.392 e. The molecule has 0 spiro atoms. The number of aromatic nitrogens is 1. The van der Waals surface area contributed by atoms with Crippen LogP contribution in [0.4, 0.5) is 5.82 Å². The molecule has 94 valence electrons. The number of halogens is 1. The van der Waals surface area contributed by atoms with Gasteiger partial charge in [-0.3, -0.25) is 0 Å². The molecule has 17 heavy (non-hydrogen) atoms. The molecule has 2 rings (SSSR count). The van der Waals surface area contributed by atoms with Crippen LogP contribution in [0.3, 0.4) is 0 Å². The van der Waals surface area contributed by atoms with Gasteiger partial charge in [-0.2, -0.15) is 0 Å². The lowest BCUT2D eigenvalue weighted by Gasteiger charge is -2.33. The largest absolute Gasteiger partial charge is 0.392 e. The van der Waals surface area contributed by atoms with Gasteiger partial charge in [0.05, 0.1) is 24.3 Å². The van der Waals surface area contributed by atoms with Crippen molar-refractivity contribution in [3.8, 4) is 0 Å². The van der Waals surface area contributed by atoms with Crippen LogP contribution < -0.4 is 4.90 Å². The van der Waals surface area contributed by atoms with Gasteiger partial charge in [-0.25, -0.2) is 4.98 Å². The zero-order valence-electron chi connectivity index (χ0n) is 9.90. The molecule has 5 heteroatoms. The van der Waals surface area contributed by atoms with Crippen LogP contribution in [0.25, 0.3) is 0 Å². The number of aliphatic hydroxyl groups excluding tert-OH is 1. The molecular weight excluding hydrogens is 240 g/mol. The summed E-state index contributed by atoms with van der Waals surface area (Å²) in [6.07, 6.45) is 2.90. The van der Waals surface area contributed by atoms with E-state index in [9.17, 15) is 0 Å². The van der Waals surface area contributed by atoms with Crippen LogP contribution in [-0.4, -0.2) is 35.9 Å². The molecule has 1 aliphatic rings. The number of pyridine rings is 1. The van der Waals surface area contributed by atoms with Gasteiger partial charge in [-0.05, 0) is 18.1 Å². The summed E-state index contributed by atoms with van der Waals surface area (Å²) in [5.41, 5.74) is 0.735. The lowest BCUT2D eigenvalue weighted by molar-refractivity contribution is 0.0382. The molecule has 4 nitrogen and oxygen atoms in total. The number of anilines is 1. The van der Waals surface area contributed by atoms with E-state index in [-0.39, 0.29) is 12.7 Å². The predicted molar refractivity (Wildman–Crippen MR) is 67.4 cm³/mol. The number of nitrogens with zero attached hydrogens (tertiary/aromatic N) is 2. The quantitative estimate of drug-likeness (QED) is 0.897. The highest BCUT2D eigenvalue weighted by atomic mass is 35.5. The van der Waals surface area contributed by atoms with E-state index >= 15 is 0 Å². The van der Waals surface area contributed by atoms with Crippen molar-refractivity contribution in [1.29, 1.82) is 0 Å². The van der Waals surface area contributed by atoms with Crippen LogP contribution in [0.15, 0.2) is 12.3 Å². The van der Waals surface area contributed by atoms with Crippen molar-refractivity contribution >= 4 is 17.4 Å². The lowest BCUT2D eigenvalue weighted by Crippen LogP contribution is -2.42. The Morgan fingerprint density at radius 3 is 3.12 bits per heavy atom. The molecule has 0 amide bonds. The van der Waals surface area contributed by atoms with Gasteiger partial charge in [0.2, 0.25) is 0 Å². The number of ether oxygens (including phenoxy) is 1. The van der Waals surface area contributed by atoms with Crippen LogP contribution in [0.2, 0.25) is 5.02 Å². The Bertz CT molecular complexity index is 387. The van der Waals surface area contributed by atoms with Gasteiger partial charge in [0.15, 0.2) is 0 Å². The van der Waals surface area contributed by atoms with Gasteiger partial charge in [0.1, 0.15) is 5.82 Å². The third-order valence-electron chi connectivity index (χ3n) is 2.95. The molecule has 0 saturated carbocycles. The summed E-state index contributed by atoms with van der Waals surface area (Å²) >= 11 is 6.18. The van der Waals surface area contributed by atoms with E-state index in [0.717, 1.165) is 30.9 Å². The number of aliphatic hydroxyl groups is 1. The summed E-state index contributed by atoms with van der Waals surface area (Å²) in [6, 6.07) is 1.76.